The Bertz CT molecular complexity index is 622. The van der Waals surface area contributed by atoms with E-state index in [2.05, 4.69) is 17.2 Å². The molecular weight excluding hydrogens is 258 g/mol. The summed E-state index contributed by atoms with van der Waals surface area (Å²) in [5.74, 6) is -1.16. The largest absolute Gasteiger partial charge is 0.270 e. The van der Waals surface area contributed by atoms with Crippen molar-refractivity contribution in [2.75, 3.05) is 6.67 Å². The Labute approximate surface area is 106 Å². The average Bonchev–Trinajstić information content (AvgIpc) is 2.59. The highest BCUT2D eigenvalue weighted by atomic mass is 32.1. The molecule has 1 aromatic carbocycles. The maximum atomic E-state index is 11.8. The summed E-state index contributed by atoms with van der Waals surface area (Å²) in [5.41, 5.74) is -0.103. The van der Waals surface area contributed by atoms with Crippen LogP contribution in [0.5, 0.6) is 0 Å². The Kier molecular flexibility index (Phi) is 2.97. The molecule has 0 spiro atoms. The SMILES string of the molecule is O=C1c2ccc([N+](=O)[O-])cc2C(=O)N1CN=C=S. The number of nitro groups is 1. The van der Waals surface area contributed by atoms with Crippen LogP contribution >= 0.6 is 12.2 Å². The van der Waals surface area contributed by atoms with Gasteiger partial charge in [-0.25, -0.2) is 4.99 Å². The van der Waals surface area contributed by atoms with Crippen molar-refractivity contribution in [1.29, 1.82) is 0 Å². The Morgan fingerprint density at radius 1 is 1.33 bits per heavy atom. The number of aliphatic imine (C=N–C) groups is 1. The van der Waals surface area contributed by atoms with Crippen LogP contribution in [0.3, 0.4) is 0 Å². The lowest BCUT2D eigenvalue weighted by molar-refractivity contribution is -0.384. The van der Waals surface area contributed by atoms with Gasteiger partial charge in [0.2, 0.25) is 0 Å². The van der Waals surface area contributed by atoms with Crippen LogP contribution in [0, 0.1) is 10.1 Å². The number of benzene rings is 1. The van der Waals surface area contributed by atoms with Gasteiger partial charge in [-0.2, -0.15) is 0 Å². The number of hydrogen-bond acceptors (Lipinski definition) is 6. The van der Waals surface area contributed by atoms with E-state index in [9.17, 15) is 19.7 Å². The van der Waals surface area contributed by atoms with Crippen LogP contribution in [0.25, 0.3) is 0 Å². The molecule has 1 aliphatic heterocycles. The second-order valence-corrected chi connectivity index (χ2v) is 3.60. The molecular formula is C10H5N3O4S. The molecule has 0 saturated heterocycles. The lowest BCUT2D eigenvalue weighted by atomic mass is 10.1. The molecule has 0 aliphatic carbocycles. The normalized spacial score (nSPS) is 13.2. The topological polar surface area (TPSA) is 92.9 Å². The zero-order valence-electron chi connectivity index (χ0n) is 8.82. The van der Waals surface area contributed by atoms with Gasteiger partial charge in [-0.1, -0.05) is 0 Å². The minimum atomic E-state index is -0.629. The Morgan fingerprint density at radius 2 is 2.00 bits per heavy atom. The zero-order chi connectivity index (χ0) is 13.3. The molecule has 18 heavy (non-hydrogen) atoms. The molecule has 2 amide bonds. The van der Waals surface area contributed by atoms with Gasteiger partial charge in [0.15, 0.2) is 0 Å². The molecule has 1 aliphatic rings. The fourth-order valence-electron chi connectivity index (χ4n) is 1.62. The van der Waals surface area contributed by atoms with Gasteiger partial charge in [-0.15, -0.1) is 0 Å². The van der Waals surface area contributed by atoms with Crippen molar-refractivity contribution in [2.45, 2.75) is 0 Å². The molecule has 0 saturated carbocycles. The first-order valence-corrected chi connectivity index (χ1v) is 5.15. The second kappa shape index (κ2) is 4.44. The van der Waals surface area contributed by atoms with Gasteiger partial charge in [0.05, 0.1) is 21.2 Å². The summed E-state index contributed by atoms with van der Waals surface area (Å²) in [6.07, 6.45) is 0. The van der Waals surface area contributed by atoms with Gasteiger partial charge < -0.3 is 0 Å². The average molecular weight is 263 g/mol. The minimum Gasteiger partial charge on any atom is -0.269 e. The van der Waals surface area contributed by atoms with E-state index < -0.39 is 16.7 Å². The second-order valence-electron chi connectivity index (χ2n) is 3.42. The number of non-ortho nitro benzene ring substituents is 1. The maximum absolute atomic E-state index is 11.8. The molecule has 1 heterocycles. The van der Waals surface area contributed by atoms with Gasteiger partial charge in [-0.3, -0.25) is 24.6 Å². The number of hydrogen-bond donors (Lipinski definition) is 0. The summed E-state index contributed by atoms with van der Waals surface area (Å²) < 4.78 is 0. The number of imide groups is 1. The fourth-order valence-corrected chi connectivity index (χ4v) is 1.68. The highest BCUT2D eigenvalue weighted by molar-refractivity contribution is 7.78. The predicted molar refractivity (Wildman–Crippen MR) is 63.5 cm³/mol. The number of rotatable bonds is 3. The number of isothiocyanates is 1. The van der Waals surface area contributed by atoms with Gasteiger partial charge >= 0.3 is 0 Å². The van der Waals surface area contributed by atoms with E-state index in [1.165, 1.54) is 12.1 Å². The van der Waals surface area contributed by atoms with Crippen molar-refractivity contribution < 1.29 is 14.5 Å². The van der Waals surface area contributed by atoms with Crippen LogP contribution in [-0.2, 0) is 0 Å². The lowest BCUT2D eigenvalue weighted by Gasteiger charge is -2.08. The van der Waals surface area contributed by atoms with Crippen LogP contribution in [0.4, 0.5) is 5.69 Å². The summed E-state index contributed by atoms with van der Waals surface area (Å²) in [5, 5.41) is 12.6. The Morgan fingerprint density at radius 3 is 2.61 bits per heavy atom. The van der Waals surface area contributed by atoms with Crippen LogP contribution in [0.1, 0.15) is 20.7 Å². The molecule has 0 fully saturated rings. The molecule has 0 atom stereocenters. The van der Waals surface area contributed by atoms with Crippen molar-refractivity contribution >= 4 is 34.9 Å². The Hall–Kier alpha value is -2.44. The number of nitrogens with zero attached hydrogens (tertiary/aromatic N) is 3. The van der Waals surface area contributed by atoms with E-state index in [4.69, 9.17) is 0 Å². The van der Waals surface area contributed by atoms with Gasteiger partial charge in [-0.05, 0) is 18.3 Å². The summed E-state index contributed by atoms with van der Waals surface area (Å²) in [7, 11) is 0. The monoisotopic (exact) mass is 263 g/mol. The third-order valence-corrected chi connectivity index (χ3v) is 2.57. The van der Waals surface area contributed by atoms with Gasteiger partial charge in [0.1, 0.15) is 6.67 Å². The number of carbonyl (C=O) groups is 2. The van der Waals surface area contributed by atoms with Crippen LogP contribution in [-0.4, -0.2) is 33.5 Å². The fraction of sp³-hybridized carbons (Fsp3) is 0.100. The number of carbonyl (C=O) groups excluding carboxylic acids is 2. The number of amides is 2. The smallest absolute Gasteiger partial charge is 0.269 e. The van der Waals surface area contributed by atoms with Crippen molar-refractivity contribution in [3.8, 4) is 0 Å². The highest BCUT2D eigenvalue weighted by Crippen LogP contribution is 2.26. The summed E-state index contributed by atoms with van der Waals surface area (Å²) >= 11 is 4.35. The molecule has 0 radical (unpaired) electrons. The molecule has 0 unspecified atom stereocenters. The molecule has 7 nitrogen and oxygen atoms in total. The van der Waals surface area contributed by atoms with Crippen LogP contribution in [0.2, 0.25) is 0 Å². The molecule has 8 heteroatoms. The van der Waals surface area contributed by atoms with Crippen molar-refractivity contribution in [2.24, 2.45) is 4.99 Å². The van der Waals surface area contributed by atoms with Crippen LogP contribution in [0.15, 0.2) is 23.2 Å². The van der Waals surface area contributed by atoms with Gasteiger partial charge in [0.25, 0.3) is 17.5 Å². The number of fused-ring (bicyclic) bond motifs is 1. The molecule has 0 aromatic heterocycles. The maximum Gasteiger partial charge on any atom is 0.270 e. The highest BCUT2D eigenvalue weighted by Gasteiger charge is 2.36. The molecule has 1 aromatic rings. The summed E-state index contributed by atoms with van der Waals surface area (Å²) in [6.45, 7) is -0.232. The zero-order valence-corrected chi connectivity index (χ0v) is 9.64. The Balaban J connectivity index is 2.45. The third kappa shape index (κ3) is 1.79. The van der Waals surface area contributed by atoms with E-state index in [1.807, 2.05) is 5.16 Å². The first-order valence-electron chi connectivity index (χ1n) is 4.74. The number of thiocarbonyl (C=S) groups is 1. The quantitative estimate of drug-likeness (QED) is 0.269. The van der Waals surface area contributed by atoms with Crippen LogP contribution < -0.4 is 0 Å². The van der Waals surface area contributed by atoms with E-state index in [-0.39, 0.29) is 23.5 Å². The third-order valence-electron chi connectivity index (χ3n) is 2.44. The minimum absolute atomic E-state index is 0.00812. The summed E-state index contributed by atoms with van der Waals surface area (Å²) in [6, 6.07) is 3.52. The lowest BCUT2D eigenvalue weighted by Crippen LogP contribution is -2.29. The molecule has 0 N–H and O–H groups in total. The van der Waals surface area contributed by atoms with Crippen molar-refractivity contribution in [3.05, 3.63) is 39.4 Å². The van der Waals surface area contributed by atoms with Crippen molar-refractivity contribution in [1.82, 2.24) is 4.90 Å². The molecule has 90 valence electrons. The van der Waals surface area contributed by atoms with E-state index in [0.717, 1.165) is 11.0 Å². The van der Waals surface area contributed by atoms with E-state index in [0.29, 0.717) is 0 Å². The van der Waals surface area contributed by atoms with E-state index >= 15 is 0 Å². The van der Waals surface area contributed by atoms with Crippen molar-refractivity contribution in [3.63, 3.8) is 0 Å². The van der Waals surface area contributed by atoms with Gasteiger partial charge in [0, 0.05) is 12.1 Å². The molecule has 0 bridgehead atoms. The first kappa shape index (κ1) is 12.0. The first-order chi connectivity index (χ1) is 8.56. The predicted octanol–water partition coefficient (Wildman–Crippen LogP) is 1.25. The summed E-state index contributed by atoms with van der Waals surface area (Å²) in [4.78, 5) is 38.0. The molecule has 2 rings (SSSR count). The van der Waals surface area contributed by atoms with E-state index in [1.54, 1.807) is 0 Å². The number of nitro benzene ring substituents is 1. The standard InChI is InChI=1S/C10H5N3O4S/c14-9-7-2-1-6(13(16)17)3-8(7)10(15)12(9)4-11-5-18/h1-3H,4H2.